The summed E-state index contributed by atoms with van der Waals surface area (Å²) in [5.74, 6) is 0.561. The molecule has 0 saturated carbocycles. The average molecular weight is 408 g/mol. The molecule has 4 rings (SSSR count). The molecule has 0 fully saturated rings. The summed E-state index contributed by atoms with van der Waals surface area (Å²) in [6.07, 6.45) is 0. The van der Waals surface area contributed by atoms with E-state index in [0.717, 1.165) is 16.5 Å². The van der Waals surface area contributed by atoms with E-state index in [4.69, 9.17) is 14.2 Å². The molecule has 0 saturated heterocycles. The van der Waals surface area contributed by atoms with Crippen molar-refractivity contribution in [1.82, 2.24) is 10.3 Å². The first kappa shape index (κ1) is 19.8. The van der Waals surface area contributed by atoms with Gasteiger partial charge in [-0.2, -0.15) is 0 Å². The van der Waals surface area contributed by atoms with Crippen LogP contribution in [0.2, 0.25) is 0 Å². The molecule has 2 aromatic carbocycles. The van der Waals surface area contributed by atoms with Gasteiger partial charge in [0.05, 0.1) is 6.04 Å². The van der Waals surface area contributed by atoms with Gasteiger partial charge in [-0.3, -0.25) is 4.79 Å². The van der Waals surface area contributed by atoms with Crippen LogP contribution in [0, 0.1) is 5.92 Å². The molecule has 0 radical (unpaired) electrons. The van der Waals surface area contributed by atoms with Gasteiger partial charge in [-0.25, -0.2) is 4.79 Å². The molecule has 0 spiro atoms. The van der Waals surface area contributed by atoms with Gasteiger partial charge >= 0.3 is 5.97 Å². The lowest BCUT2D eigenvalue weighted by molar-refractivity contribution is -0.125. The molecule has 1 aliphatic rings. The number of amides is 1. The number of rotatable bonds is 6. The summed E-state index contributed by atoms with van der Waals surface area (Å²) < 4.78 is 16.4. The third kappa shape index (κ3) is 4.25. The van der Waals surface area contributed by atoms with Crippen LogP contribution in [0.5, 0.6) is 11.5 Å². The quantitative estimate of drug-likeness (QED) is 0.608. The van der Waals surface area contributed by atoms with Crippen LogP contribution < -0.4 is 14.8 Å². The summed E-state index contributed by atoms with van der Waals surface area (Å²) in [5.41, 5.74) is 2.06. The van der Waals surface area contributed by atoms with Crippen LogP contribution in [-0.4, -0.2) is 36.7 Å². The summed E-state index contributed by atoms with van der Waals surface area (Å²) in [4.78, 5) is 27.8. The molecule has 156 valence electrons. The van der Waals surface area contributed by atoms with E-state index in [1.807, 2.05) is 56.3 Å². The number of carbonyl (C=O) groups is 2. The number of aromatic nitrogens is 1. The summed E-state index contributed by atoms with van der Waals surface area (Å²) in [5, 5.41) is 3.86. The number of para-hydroxylation sites is 1. The second-order valence-corrected chi connectivity index (χ2v) is 7.54. The highest BCUT2D eigenvalue weighted by atomic mass is 16.6. The molecule has 7 heteroatoms. The molecule has 0 unspecified atom stereocenters. The SMILES string of the molecule is CC(C)[C@@H](NC(=O)COC(=O)c1cc2ccccc2[nH]1)c1ccc2c(c1)OCCO2. The molecule has 2 N–H and O–H groups in total. The van der Waals surface area contributed by atoms with Gasteiger partial charge in [0.25, 0.3) is 5.91 Å². The van der Waals surface area contributed by atoms with Crippen LogP contribution in [0.1, 0.15) is 35.9 Å². The maximum absolute atomic E-state index is 12.5. The Labute approximate surface area is 174 Å². The molecule has 1 atom stereocenters. The largest absolute Gasteiger partial charge is 0.486 e. The Morgan fingerprint density at radius 3 is 2.60 bits per heavy atom. The van der Waals surface area contributed by atoms with Crippen molar-refractivity contribution in [2.75, 3.05) is 19.8 Å². The van der Waals surface area contributed by atoms with Gasteiger partial charge < -0.3 is 24.5 Å². The predicted molar refractivity (Wildman–Crippen MR) is 112 cm³/mol. The van der Waals surface area contributed by atoms with E-state index < -0.39 is 5.97 Å². The Hall–Kier alpha value is -3.48. The predicted octanol–water partition coefficient (Wildman–Crippen LogP) is 3.61. The molecule has 0 aliphatic carbocycles. The molecule has 2 heterocycles. The van der Waals surface area contributed by atoms with E-state index in [9.17, 15) is 9.59 Å². The minimum Gasteiger partial charge on any atom is -0.486 e. The van der Waals surface area contributed by atoms with Crippen LogP contribution in [0.4, 0.5) is 0 Å². The molecule has 0 bridgehead atoms. The first-order valence-electron chi connectivity index (χ1n) is 9.95. The van der Waals surface area contributed by atoms with Crippen molar-refractivity contribution >= 4 is 22.8 Å². The zero-order valence-corrected chi connectivity index (χ0v) is 16.9. The number of hydrogen-bond donors (Lipinski definition) is 2. The van der Waals surface area contributed by atoms with Gasteiger partial charge in [0.1, 0.15) is 18.9 Å². The lowest BCUT2D eigenvalue weighted by atomic mass is 9.95. The molecule has 30 heavy (non-hydrogen) atoms. The van der Waals surface area contributed by atoms with E-state index in [0.29, 0.717) is 30.4 Å². The Kier molecular flexibility index (Phi) is 5.61. The van der Waals surface area contributed by atoms with Crippen molar-refractivity contribution in [1.29, 1.82) is 0 Å². The van der Waals surface area contributed by atoms with Gasteiger partial charge in [0.15, 0.2) is 18.1 Å². The fourth-order valence-corrected chi connectivity index (χ4v) is 3.50. The highest BCUT2D eigenvalue weighted by Gasteiger charge is 2.22. The van der Waals surface area contributed by atoms with Gasteiger partial charge in [-0.15, -0.1) is 0 Å². The van der Waals surface area contributed by atoms with E-state index >= 15 is 0 Å². The minimum absolute atomic E-state index is 0.126. The van der Waals surface area contributed by atoms with Gasteiger partial charge in [-0.1, -0.05) is 38.1 Å². The number of H-pyrrole nitrogens is 1. The van der Waals surface area contributed by atoms with Crippen LogP contribution in [0.25, 0.3) is 10.9 Å². The highest BCUT2D eigenvalue weighted by Crippen LogP contribution is 2.34. The minimum atomic E-state index is -0.568. The number of ether oxygens (including phenoxy) is 3. The van der Waals surface area contributed by atoms with Crippen molar-refractivity contribution in [2.24, 2.45) is 5.92 Å². The monoisotopic (exact) mass is 408 g/mol. The standard InChI is InChI=1S/C23H24N2O5/c1-14(2)22(16-7-8-19-20(12-16)29-10-9-28-19)25-21(26)13-30-23(27)18-11-15-5-3-4-6-17(15)24-18/h3-8,11-12,14,22,24H,9-10,13H2,1-2H3,(H,25,26)/t22-/m1/s1. The van der Waals surface area contributed by atoms with Gasteiger partial charge in [0.2, 0.25) is 0 Å². The highest BCUT2D eigenvalue weighted by molar-refractivity contribution is 5.95. The van der Waals surface area contributed by atoms with Crippen molar-refractivity contribution in [2.45, 2.75) is 19.9 Å². The Morgan fingerprint density at radius 1 is 1.07 bits per heavy atom. The lowest BCUT2D eigenvalue weighted by Crippen LogP contribution is -2.35. The van der Waals surface area contributed by atoms with E-state index in [1.165, 1.54) is 0 Å². The van der Waals surface area contributed by atoms with Crippen LogP contribution in [-0.2, 0) is 9.53 Å². The number of hydrogen-bond acceptors (Lipinski definition) is 5. The van der Waals surface area contributed by atoms with Crippen molar-refractivity contribution < 1.29 is 23.8 Å². The average Bonchev–Trinajstić information content (AvgIpc) is 3.19. The second kappa shape index (κ2) is 8.49. The van der Waals surface area contributed by atoms with Crippen molar-refractivity contribution in [3.63, 3.8) is 0 Å². The molecular formula is C23H24N2O5. The van der Waals surface area contributed by atoms with Gasteiger partial charge in [0, 0.05) is 10.9 Å². The van der Waals surface area contributed by atoms with Crippen LogP contribution >= 0.6 is 0 Å². The zero-order chi connectivity index (χ0) is 21.1. The summed E-state index contributed by atoms with van der Waals surface area (Å²) in [6.45, 7) is 4.69. The van der Waals surface area contributed by atoms with E-state index in [-0.39, 0.29) is 24.5 Å². The van der Waals surface area contributed by atoms with Crippen molar-refractivity contribution in [3.05, 3.63) is 59.8 Å². The lowest BCUT2D eigenvalue weighted by Gasteiger charge is -2.25. The van der Waals surface area contributed by atoms with Gasteiger partial charge in [-0.05, 0) is 35.7 Å². The first-order valence-corrected chi connectivity index (χ1v) is 9.95. The van der Waals surface area contributed by atoms with Crippen molar-refractivity contribution in [3.8, 4) is 11.5 Å². The maximum atomic E-state index is 12.5. The number of nitrogens with one attached hydrogen (secondary N) is 2. The Morgan fingerprint density at radius 2 is 1.83 bits per heavy atom. The fourth-order valence-electron chi connectivity index (χ4n) is 3.50. The fraction of sp³-hybridized carbons (Fsp3) is 0.304. The number of aromatic amines is 1. The Balaban J connectivity index is 1.39. The molecule has 1 aromatic heterocycles. The third-order valence-electron chi connectivity index (χ3n) is 4.99. The normalized spacial score (nSPS) is 13.8. The smallest absolute Gasteiger partial charge is 0.355 e. The molecule has 7 nitrogen and oxygen atoms in total. The number of fused-ring (bicyclic) bond motifs is 2. The van der Waals surface area contributed by atoms with E-state index in [1.54, 1.807) is 6.07 Å². The second-order valence-electron chi connectivity index (χ2n) is 7.54. The summed E-state index contributed by atoms with van der Waals surface area (Å²) in [7, 11) is 0. The molecule has 1 aliphatic heterocycles. The maximum Gasteiger partial charge on any atom is 0.355 e. The Bertz CT molecular complexity index is 1040. The molecule has 1 amide bonds. The number of carbonyl (C=O) groups excluding carboxylic acids is 2. The molecular weight excluding hydrogens is 384 g/mol. The van der Waals surface area contributed by atoms with E-state index in [2.05, 4.69) is 10.3 Å². The molecule has 3 aromatic rings. The van der Waals surface area contributed by atoms with Crippen LogP contribution in [0.15, 0.2) is 48.5 Å². The topological polar surface area (TPSA) is 89.7 Å². The zero-order valence-electron chi connectivity index (χ0n) is 16.9. The summed E-state index contributed by atoms with van der Waals surface area (Å²) >= 11 is 0. The number of benzene rings is 2. The van der Waals surface area contributed by atoms with Crippen LogP contribution in [0.3, 0.4) is 0 Å². The first-order chi connectivity index (χ1) is 14.5. The summed E-state index contributed by atoms with van der Waals surface area (Å²) in [6, 6.07) is 14.7. The number of esters is 1. The third-order valence-corrected chi connectivity index (χ3v) is 4.99.